The number of carboxylic acid groups (broad SMARTS) is 2. The number of thioether (sulfide) groups is 2. The van der Waals surface area contributed by atoms with Crippen LogP contribution in [0.2, 0.25) is 0 Å². The Labute approximate surface area is 464 Å². The third kappa shape index (κ3) is 13.6. The third-order valence-electron chi connectivity index (χ3n) is 20.6. The normalized spacial score (nSPS) is 38.7. The quantitative estimate of drug-likeness (QED) is 0.0387. The molecule has 6 saturated carbocycles. The van der Waals surface area contributed by atoms with Crippen LogP contribution in [0, 0.1) is 68.0 Å². The summed E-state index contributed by atoms with van der Waals surface area (Å²) in [5, 5.41) is 38.9. The number of hydrogen-bond donors (Lipinski definition) is 4. The average Bonchev–Trinajstić information content (AvgIpc) is 3.96. The largest absolute Gasteiger partial charge is 0.478 e. The van der Waals surface area contributed by atoms with Crippen LogP contribution in [0.1, 0.15) is 147 Å². The highest BCUT2D eigenvalue weighted by Gasteiger charge is 2.70. The lowest BCUT2D eigenvalue weighted by Crippen LogP contribution is -2.63. The highest BCUT2D eigenvalue weighted by molar-refractivity contribution is 8.00. The maximum absolute atomic E-state index is 13.4. The van der Waals surface area contributed by atoms with Crippen LogP contribution in [0.4, 0.5) is 0 Å². The van der Waals surface area contributed by atoms with E-state index in [1.165, 1.54) is 0 Å². The number of ether oxygens (including phenoxy) is 2. The van der Waals surface area contributed by atoms with Crippen molar-refractivity contribution in [1.82, 2.24) is 9.80 Å². The van der Waals surface area contributed by atoms with Crippen LogP contribution in [-0.4, -0.2) is 152 Å². The molecule has 0 aliphatic heterocycles. The minimum Gasteiger partial charge on any atom is -0.478 e. The van der Waals surface area contributed by atoms with Gasteiger partial charge in [-0.3, -0.25) is 19.2 Å². The first-order chi connectivity index (χ1) is 35.6. The molecule has 16 heteroatoms. The van der Waals surface area contributed by atoms with Gasteiger partial charge in [0.2, 0.25) is 0 Å². The molecule has 0 aromatic heterocycles. The summed E-state index contributed by atoms with van der Waals surface area (Å²) in [5.74, 6) is 0.392. The van der Waals surface area contributed by atoms with E-state index in [9.17, 15) is 39.0 Å². The van der Waals surface area contributed by atoms with E-state index in [1.54, 1.807) is 23.5 Å². The first-order valence-electron chi connectivity index (χ1n) is 28.4. The number of esters is 2. The van der Waals surface area contributed by atoms with Gasteiger partial charge in [-0.05, 0) is 112 Å². The van der Waals surface area contributed by atoms with Gasteiger partial charge in [0.15, 0.2) is 0 Å². The van der Waals surface area contributed by atoms with Gasteiger partial charge < -0.3 is 39.7 Å². The number of rotatable bonds is 20. The average molecular weight is 1100 g/mol. The van der Waals surface area contributed by atoms with Crippen molar-refractivity contribution in [3.8, 4) is 0 Å². The van der Waals surface area contributed by atoms with Crippen molar-refractivity contribution in [3.63, 3.8) is 0 Å². The van der Waals surface area contributed by atoms with Gasteiger partial charge in [-0.2, -0.15) is 0 Å². The van der Waals surface area contributed by atoms with Gasteiger partial charge >= 0.3 is 23.9 Å². The number of carbonyl (C=O) groups is 6. The zero-order valence-electron chi connectivity index (χ0n) is 48.4. The molecule has 4 N–H and O–H groups in total. The molecule has 6 rings (SSSR count). The second-order valence-electron chi connectivity index (χ2n) is 24.3. The van der Waals surface area contributed by atoms with Crippen molar-refractivity contribution < 1.29 is 58.7 Å². The molecule has 432 valence electrons. The number of nitrogens with zero attached hydrogens (tertiary/aromatic N) is 2. The molecular weight excluding hydrogens is 1000 g/mol. The maximum Gasteiger partial charge on any atom is 0.328 e. The predicted octanol–water partition coefficient (Wildman–Crippen LogP) is 9.65. The summed E-state index contributed by atoms with van der Waals surface area (Å²) in [6.45, 7) is 40.0. The van der Waals surface area contributed by atoms with E-state index in [1.807, 2.05) is 26.0 Å². The van der Waals surface area contributed by atoms with Crippen LogP contribution in [0.25, 0.3) is 0 Å². The van der Waals surface area contributed by atoms with E-state index >= 15 is 0 Å². The molecule has 16 atom stereocenters. The molecule has 6 aliphatic rings. The Morgan fingerprint density at radius 3 is 1.22 bits per heavy atom. The van der Waals surface area contributed by atoms with Gasteiger partial charge in [-0.15, -0.1) is 36.7 Å². The first-order valence-corrected chi connectivity index (χ1v) is 30.7. The van der Waals surface area contributed by atoms with Crippen LogP contribution in [-0.2, 0) is 38.2 Å². The number of Topliss-reactive ketones (excluding diaryl/α,β-unsaturated/α-hetero) is 2. The van der Waals surface area contributed by atoms with E-state index in [-0.39, 0.29) is 46.4 Å². The summed E-state index contributed by atoms with van der Waals surface area (Å²) < 4.78 is 12.5. The van der Waals surface area contributed by atoms with Gasteiger partial charge in [0.1, 0.15) is 23.8 Å². The van der Waals surface area contributed by atoms with E-state index in [0.29, 0.717) is 72.7 Å². The van der Waals surface area contributed by atoms with Crippen molar-refractivity contribution in [2.45, 2.75) is 172 Å². The molecular formula is C60H98N2O12S2. The van der Waals surface area contributed by atoms with Crippen molar-refractivity contribution >= 4 is 59.0 Å². The fourth-order valence-corrected chi connectivity index (χ4v) is 17.2. The summed E-state index contributed by atoms with van der Waals surface area (Å²) in [5.41, 5.74) is -2.50. The second kappa shape index (κ2) is 27.4. The topological polar surface area (TPSA) is 208 Å². The highest BCUT2D eigenvalue weighted by Crippen LogP contribution is 2.70. The summed E-state index contributed by atoms with van der Waals surface area (Å²) in [6, 6.07) is 0. The van der Waals surface area contributed by atoms with Gasteiger partial charge in [-0.1, -0.05) is 95.2 Å². The Morgan fingerprint density at radius 1 is 0.605 bits per heavy atom. The SMILES string of the molecule is C=CC1(C)CC(OC(=O)CSCCN(CC)CC)C2(C)CC[C@@H](C)[C@@]3(CCC(=O)C23)C(C)C1O.C=CC1(C)CC(OC(=O)CSCCN(CC)CC)C2(C)CC[C@@H](C)[C@@]3(CCC(=O)C23)C(C)C1O.O=C(O)/C=C/C(=O)O. The van der Waals surface area contributed by atoms with Crippen molar-refractivity contribution in [2.24, 2.45) is 68.0 Å². The Kier molecular flexibility index (Phi) is 23.6. The predicted molar refractivity (Wildman–Crippen MR) is 304 cm³/mol. The number of carbonyl (C=O) groups excluding carboxylic acids is 4. The smallest absolute Gasteiger partial charge is 0.328 e. The lowest BCUT2D eigenvalue weighted by molar-refractivity contribution is -0.203. The van der Waals surface area contributed by atoms with Gasteiger partial charge in [0.05, 0.1) is 23.7 Å². The minimum atomic E-state index is -1.26. The molecule has 12 unspecified atom stereocenters. The van der Waals surface area contributed by atoms with Crippen LogP contribution >= 0.6 is 23.5 Å². The van der Waals surface area contributed by atoms with E-state index in [2.05, 4.69) is 92.2 Å². The minimum absolute atomic E-state index is 0.0196. The van der Waals surface area contributed by atoms with Crippen LogP contribution in [0.3, 0.4) is 0 Å². The molecule has 14 nitrogen and oxygen atoms in total. The summed E-state index contributed by atoms with van der Waals surface area (Å²) >= 11 is 3.23. The number of aliphatic hydroxyl groups excluding tert-OH is 2. The standard InChI is InChI=1S/2C28H47NO4S.C4H4O4/c2*1-8-26(6)17-22(33-23(31)18-34-16-15-29(9-2)10-3)27(7)13-11-19(4)28(20(5)25(26)32)14-12-21(30)24(27)28;5-3(6)1-2-4(7)8/h2*8,19-20,22,24-25,32H,1,9-18H2,2-7H3;1-2H,(H,5,6)(H,7,8)/b;;2-1+/t2*19-,20?,22?,24?,25?,26?,27?,28+;/m11./s1. The molecule has 0 amide bonds. The molecule has 0 heterocycles. The summed E-state index contributed by atoms with van der Waals surface area (Å²) in [4.78, 5) is 76.8. The zero-order chi connectivity index (χ0) is 57.2. The third-order valence-corrected chi connectivity index (χ3v) is 22.4. The van der Waals surface area contributed by atoms with Crippen molar-refractivity contribution in [3.05, 3.63) is 37.5 Å². The first kappa shape index (κ1) is 65.5. The summed E-state index contributed by atoms with van der Waals surface area (Å²) in [7, 11) is 0. The van der Waals surface area contributed by atoms with Crippen LogP contribution < -0.4 is 0 Å². The summed E-state index contributed by atoms with van der Waals surface area (Å²) in [6.07, 6.45) is 10.2. The lowest BCUT2D eigenvalue weighted by Gasteiger charge is -2.62. The molecule has 4 bridgehead atoms. The second-order valence-corrected chi connectivity index (χ2v) is 26.5. The lowest BCUT2D eigenvalue weighted by atomic mass is 9.43. The Bertz CT molecular complexity index is 1940. The highest BCUT2D eigenvalue weighted by atomic mass is 32.2. The van der Waals surface area contributed by atoms with Crippen LogP contribution in [0.15, 0.2) is 37.5 Å². The number of hydrogen-bond acceptors (Lipinski definition) is 14. The number of carboxylic acids is 2. The van der Waals surface area contributed by atoms with E-state index in [0.717, 1.165) is 89.3 Å². The molecule has 0 aromatic carbocycles. The molecule has 6 fully saturated rings. The monoisotopic (exact) mass is 1100 g/mol. The maximum atomic E-state index is 13.4. The molecule has 0 saturated heterocycles. The molecule has 76 heavy (non-hydrogen) atoms. The molecule has 6 aliphatic carbocycles. The fraction of sp³-hybridized carbons (Fsp3) is 0.800. The van der Waals surface area contributed by atoms with E-state index in [4.69, 9.17) is 19.7 Å². The molecule has 0 spiro atoms. The number of aliphatic hydroxyl groups is 2. The Balaban J connectivity index is 0.000000287. The molecule has 0 aromatic rings. The molecule has 0 radical (unpaired) electrons. The van der Waals surface area contributed by atoms with Gasteiger partial charge in [0.25, 0.3) is 0 Å². The van der Waals surface area contributed by atoms with Gasteiger partial charge in [0, 0.05) is 83.1 Å². The zero-order valence-corrected chi connectivity index (χ0v) is 50.0. The Morgan fingerprint density at radius 2 is 0.934 bits per heavy atom. The van der Waals surface area contributed by atoms with Crippen molar-refractivity contribution in [1.29, 1.82) is 0 Å². The fourth-order valence-electron chi connectivity index (χ4n) is 15.6. The Hall–Kier alpha value is -3.02. The number of ketones is 2. The van der Waals surface area contributed by atoms with E-state index < -0.39 is 58.0 Å². The number of aliphatic carboxylic acids is 2. The van der Waals surface area contributed by atoms with Crippen molar-refractivity contribution in [2.75, 3.05) is 62.3 Å². The van der Waals surface area contributed by atoms with Crippen LogP contribution in [0.5, 0.6) is 0 Å². The van der Waals surface area contributed by atoms with Gasteiger partial charge in [-0.25, -0.2) is 9.59 Å².